The van der Waals surface area contributed by atoms with Crippen LogP contribution in [0, 0.1) is 5.92 Å². The van der Waals surface area contributed by atoms with Crippen molar-refractivity contribution in [2.75, 3.05) is 7.05 Å². The summed E-state index contributed by atoms with van der Waals surface area (Å²) in [5.41, 5.74) is 0. The van der Waals surface area contributed by atoms with Crippen LogP contribution in [0.25, 0.3) is 0 Å². The third-order valence-electron chi connectivity index (χ3n) is 2.50. The Bertz CT molecular complexity index is 176. The molecule has 0 spiro atoms. The molecule has 2 aliphatic rings. The molecule has 1 aliphatic heterocycles. The van der Waals surface area contributed by atoms with Gasteiger partial charge in [-0.25, -0.2) is 0 Å². The number of carboxylic acid groups (broad SMARTS) is 1. The Labute approximate surface area is 59.6 Å². The van der Waals surface area contributed by atoms with Gasteiger partial charge in [-0.15, -0.1) is 0 Å². The van der Waals surface area contributed by atoms with Crippen LogP contribution in [-0.2, 0) is 4.79 Å². The Balaban J connectivity index is 1.96. The minimum Gasteiger partial charge on any atom is -0.480 e. The summed E-state index contributed by atoms with van der Waals surface area (Å²) in [5, 5.41) is 8.63. The van der Waals surface area contributed by atoms with E-state index in [1.807, 2.05) is 11.9 Å². The number of rotatable bonds is 2. The highest BCUT2D eigenvalue weighted by atomic mass is 16.4. The van der Waals surface area contributed by atoms with Gasteiger partial charge in [-0.3, -0.25) is 9.69 Å². The van der Waals surface area contributed by atoms with Gasteiger partial charge >= 0.3 is 5.97 Å². The molecule has 56 valence electrons. The van der Waals surface area contributed by atoms with Crippen molar-refractivity contribution in [1.82, 2.24) is 4.90 Å². The van der Waals surface area contributed by atoms with Crippen molar-refractivity contribution in [3.8, 4) is 0 Å². The number of hydrogen-bond acceptors (Lipinski definition) is 2. The summed E-state index contributed by atoms with van der Waals surface area (Å²) in [6.07, 6.45) is 2.47. The monoisotopic (exact) mass is 141 g/mol. The first-order valence-corrected chi connectivity index (χ1v) is 3.66. The molecule has 0 aromatic rings. The standard InChI is InChI=1S/C7H11NO2/c1-8-5(4-2-3-4)6(8)7(9)10/h4-6H,2-3H2,1H3,(H,9,10)/t5-,6-,8?/m0/s1. The molecule has 1 aliphatic carbocycles. The lowest BCUT2D eigenvalue weighted by molar-refractivity contribution is -0.137. The van der Waals surface area contributed by atoms with Crippen LogP contribution in [0.15, 0.2) is 0 Å². The molecule has 1 saturated heterocycles. The fraction of sp³-hybridized carbons (Fsp3) is 0.857. The fourth-order valence-electron chi connectivity index (χ4n) is 1.71. The summed E-state index contributed by atoms with van der Waals surface area (Å²) in [4.78, 5) is 12.4. The molecule has 2 fully saturated rings. The topological polar surface area (TPSA) is 40.3 Å². The van der Waals surface area contributed by atoms with Gasteiger partial charge in [0.2, 0.25) is 0 Å². The minimum absolute atomic E-state index is 0.160. The predicted octanol–water partition coefficient (Wildman–Crippen LogP) is 0.164. The van der Waals surface area contributed by atoms with Crippen LogP contribution in [-0.4, -0.2) is 35.1 Å². The molecule has 1 N–H and O–H groups in total. The zero-order valence-corrected chi connectivity index (χ0v) is 5.95. The molecule has 0 radical (unpaired) electrons. The van der Waals surface area contributed by atoms with Gasteiger partial charge in [0, 0.05) is 6.04 Å². The number of nitrogens with zero attached hydrogens (tertiary/aromatic N) is 1. The van der Waals surface area contributed by atoms with Gasteiger partial charge in [0.05, 0.1) is 0 Å². The second-order valence-corrected chi connectivity index (χ2v) is 3.28. The van der Waals surface area contributed by atoms with Gasteiger partial charge in [0.1, 0.15) is 6.04 Å². The molecule has 0 bridgehead atoms. The third-order valence-corrected chi connectivity index (χ3v) is 2.50. The summed E-state index contributed by atoms with van der Waals surface area (Å²) in [6.45, 7) is 0. The van der Waals surface area contributed by atoms with Crippen LogP contribution in [0.1, 0.15) is 12.8 Å². The summed E-state index contributed by atoms with van der Waals surface area (Å²) < 4.78 is 0. The summed E-state index contributed by atoms with van der Waals surface area (Å²) in [7, 11) is 1.89. The highest BCUT2D eigenvalue weighted by molar-refractivity contribution is 5.78. The maximum atomic E-state index is 10.5. The maximum absolute atomic E-state index is 10.5. The van der Waals surface area contributed by atoms with Crippen LogP contribution < -0.4 is 0 Å². The van der Waals surface area contributed by atoms with Crippen molar-refractivity contribution in [1.29, 1.82) is 0 Å². The van der Waals surface area contributed by atoms with E-state index in [-0.39, 0.29) is 6.04 Å². The Morgan fingerprint density at radius 3 is 2.50 bits per heavy atom. The van der Waals surface area contributed by atoms with Crippen LogP contribution in [0.5, 0.6) is 0 Å². The highest BCUT2D eigenvalue weighted by Gasteiger charge is 2.56. The average molecular weight is 141 g/mol. The van der Waals surface area contributed by atoms with E-state index in [1.165, 1.54) is 12.8 Å². The molecule has 0 amide bonds. The molecule has 3 nitrogen and oxygen atoms in total. The molecule has 2 rings (SSSR count). The second kappa shape index (κ2) is 1.72. The van der Waals surface area contributed by atoms with Crippen LogP contribution in [0.3, 0.4) is 0 Å². The van der Waals surface area contributed by atoms with Crippen molar-refractivity contribution < 1.29 is 9.90 Å². The van der Waals surface area contributed by atoms with Crippen molar-refractivity contribution in [2.24, 2.45) is 5.92 Å². The van der Waals surface area contributed by atoms with Crippen molar-refractivity contribution >= 4 is 5.97 Å². The lowest BCUT2D eigenvalue weighted by atomic mass is 10.2. The Morgan fingerprint density at radius 1 is 1.60 bits per heavy atom. The van der Waals surface area contributed by atoms with E-state index in [0.717, 1.165) is 0 Å². The number of likely N-dealkylation sites (N-methyl/N-ethyl adjacent to an activating group) is 1. The lowest BCUT2D eigenvalue weighted by Gasteiger charge is -1.85. The van der Waals surface area contributed by atoms with E-state index in [1.54, 1.807) is 0 Å². The van der Waals surface area contributed by atoms with E-state index in [4.69, 9.17) is 5.11 Å². The fourth-order valence-corrected chi connectivity index (χ4v) is 1.71. The summed E-state index contributed by atoms with van der Waals surface area (Å²) in [5.74, 6) is 0.0468. The first-order chi connectivity index (χ1) is 4.72. The van der Waals surface area contributed by atoms with E-state index in [9.17, 15) is 4.79 Å². The molecule has 10 heavy (non-hydrogen) atoms. The summed E-state index contributed by atoms with van der Waals surface area (Å²) in [6, 6.07) is 0.213. The minimum atomic E-state index is -0.653. The molecule has 1 saturated carbocycles. The smallest absolute Gasteiger partial charge is 0.322 e. The quantitative estimate of drug-likeness (QED) is 0.557. The van der Waals surface area contributed by atoms with E-state index >= 15 is 0 Å². The van der Waals surface area contributed by atoms with Crippen LogP contribution in [0.4, 0.5) is 0 Å². The Hall–Kier alpha value is -0.570. The second-order valence-electron chi connectivity index (χ2n) is 3.28. The normalized spacial score (nSPS) is 45.1. The first kappa shape index (κ1) is 6.16. The van der Waals surface area contributed by atoms with E-state index in [0.29, 0.717) is 12.0 Å². The molecular weight excluding hydrogens is 130 g/mol. The number of aliphatic carboxylic acids is 1. The van der Waals surface area contributed by atoms with Crippen molar-refractivity contribution in [2.45, 2.75) is 24.9 Å². The molecule has 3 atom stereocenters. The molecule has 0 aromatic heterocycles. The van der Waals surface area contributed by atoms with Gasteiger partial charge < -0.3 is 5.11 Å². The SMILES string of the molecule is CN1[C@H](C(=O)O)[C@@H]1C1CC1. The Morgan fingerprint density at radius 2 is 2.20 bits per heavy atom. The maximum Gasteiger partial charge on any atom is 0.322 e. The highest BCUT2D eigenvalue weighted by Crippen LogP contribution is 2.45. The average Bonchev–Trinajstić information content (AvgIpc) is 2.57. The predicted molar refractivity (Wildman–Crippen MR) is 35.7 cm³/mol. The number of carbonyl (C=O) groups is 1. The number of carboxylic acids is 1. The van der Waals surface area contributed by atoms with E-state index in [2.05, 4.69) is 0 Å². The Kier molecular flexibility index (Phi) is 1.06. The molecule has 1 heterocycles. The van der Waals surface area contributed by atoms with Crippen molar-refractivity contribution in [3.63, 3.8) is 0 Å². The largest absolute Gasteiger partial charge is 0.480 e. The zero-order chi connectivity index (χ0) is 7.30. The lowest BCUT2D eigenvalue weighted by Crippen LogP contribution is -2.09. The van der Waals surface area contributed by atoms with Gasteiger partial charge in [0.15, 0.2) is 0 Å². The third kappa shape index (κ3) is 0.736. The summed E-state index contributed by atoms with van der Waals surface area (Å²) >= 11 is 0. The molecule has 0 aromatic carbocycles. The van der Waals surface area contributed by atoms with Gasteiger partial charge in [-0.1, -0.05) is 0 Å². The van der Waals surface area contributed by atoms with Gasteiger partial charge in [0.25, 0.3) is 0 Å². The van der Waals surface area contributed by atoms with Gasteiger partial charge in [-0.05, 0) is 25.8 Å². The van der Waals surface area contributed by atoms with E-state index < -0.39 is 5.97 Å². The molecule has 1 unspecified atom stereocenters. The van der Waals surface area contributed by atoms with Crippen LogP contribution >= 0.6 is 0 Å². The van der Waals surface area contributed by atoms with Gasteiger partial charge in [-0.2, -0.15) is 0 Å². The molecular formula is C7H11NO2. The number of hydrogen-bond donors (Lipinski definition) is 1. The van der Waals surface area contributed by atoms with Crippen LogP contribution in [0.2, 0.25) is 0 Å². The molecule has 3 heteroatoms. The first-order valence-electron chi connectivity index (χ1n) is 3.66. The van der Waals surface area contributed by atoms with Crippen molar-refractivity contribution in [3.05, 3.63) is 0 Å². The zero-order valence-electron chi connectivity index (χ0n) is 5.95.